The fraction of sp³-hybridized carbons (Fsp3) is 0.609. The molecule has 160 valence electrons. The zero-order chi connectivity index (χ0) is 21.3. The molecule has 1 aromatic rings. The molecule has 1 saturated heterocycles. The molecule has 1 atom stereocenters. The topological polar surface area (TPSA) is 66.9 Å². The Balaban J connectivity index is 2.02. The van der Waals surface area contributed by atoms with Crippen LogP contribution in [-0.4, -0.2) is 61.4 Å². The van der Waals surface area contributed by atoms with E-state index in [0.717, 1.165) is 25.7 Å². The molecule has 6 heteroatoms. The summed E-state index contributed by atoms with van der Waals surface area (Å²) in [4.78, 5) is 40.6. The van der Waals surface area contributed by atoms with Gasteiger partial charge in [-0.25, -0.2) is 0 Å². The molecule has 2 rings (SSSR count). The van der Waals surface area contributed by atoms with Gasteiger partial charge in [-0.15, -0.1) is 0 Å². The highest BCUT2D eigenvalue weighted by molar-refractivity contribution is 5.84. The summed E-state index contributed by atoms with van der Waals surface area (Å²) in [5, 5.41) is 0. The maximum absolute atomic E-state index is 12.9. The van der Waals surface area contributed by atoms with E-state index in [1.54, 1.807) is 19.0 Å². The molecule has 1 unspecified atom stereocenters. The molecule has 1 heterocycles. The zero-order valence-corrected chi connectivity index (χ0v) is 18.0. The first-order valence-electron chi connectivity index (χ1n) is 10.6. The van der Waals surface area contributed by atoms with E-state index < -0.39 is 5.41 Å². The molecular formula is C23H34N2O4. The van der Waals surface area contributed by atoms with Crippen LogP contribution in [0.1, 0.15) is 51.0 Å². The monoisotopic (exact) mass is 402 g/mol. The number of hydrogen-bond acceptors (Lipinski definition) is 4. The quantitative estimate of drug-likeness (QED) is 0.596. The minimum absolute atomic E-state index is 0.0587. The number of benzene rings is 1. The van der Waals surface area contributed by atoms with Crippen molar-refractivity contribution in [1.29, 1.82) is 0 Å². The Morgan fingerprint density at radius 1 is 1.14 bits per heavy atom. The van der Waals surface area contributed by atoms with E-state index in [2.05, 4.69) is 12.1 Å². The molecule has 6 nitrogen and oxygen atoms in total. The Bertz CT molecular complexity index is 689. The molecule has 0 aromatic heterocycles. The van der Waals surface area contributed by atoms with Crippen LogP contribution in [-0.2, 0) is 25.5 Å². The molecule has 0 radical (unpaired) electrons. The van der Waals surface area contributed by atoms with Gasteiger partial charge in [0, 0.05) is 40.0 Å². The van der Waals surface area contributed by atoms with Crippen molar-refractivity contribution in [3.05, 3.63) is 35.9 Å². The highest BCUT2D eigenvalue weighted by Gasteiger charge is 2.44. The number of nitrogens with zero attached hydrogens (tertiary/aromatic N) is 2. The first-order chi connectivity index (χ1) is 13.9. The minimum Gasteiger partial charge on any atom is -0.466 e. The highest BCUT2D eigenvalue weighted by Crippen LogP contribution is 2.37. The Kier molecular flexibility index (Phi) is 8.68. The second-order valence-electron chi connectivity index (χ2n) is 8.05. The summed E-state index contributed by atoms with van der Waals surface area (Å²) in [5.74, 6) is -0.318. The van der Waals surface area contributed by atoms with Crippen LogP contribution < -0.4 is 0 Å². The number of carbonyl (C=O) groups is 3. The van der Waals surface area contributed by atoms with Crippen molar-refractivity contribution in [1.82, 2.24) is 9.80 Å². The normalized spacial score (nSPS) is 18.9. The van der Waals surface area contributed by atoms with E-state index in [1.807, 2.05) is 25.1 Å². The lowest BCUT2D eigenvalue weighted by molar-refractivity contribution is -0.161. The molecule has 0 N–H and O–H groups in total. The highest BCUT2D eigenvalue weighted by atomic mass is 16.5. The third-order valence-electron chi connectivity index (χ3n) is 5.65. The van der Waals surface area contributed by atoms with Gasteiger partial charge < -0.3 is 14.5 Å². The molecule has 29 heavy (non-hydrogen) atoms. The van der Waals surface area contributed by atoms with Crippen molar-refractivity contribution in [3.63, 3.8) is 0 Å². The molecule has 1 fully saturated rings. The third kappa shape index (κ3) is 6.58. The molecular weight excluding hydrogens is 368 g/mol. The number of likely N-dealkylation sites (tertiary alicyclic amines) is 1. The average molecular weight is 403 g/mol. The van der Waals surface area contributed by atoms with E-state index >= 15 is 0 Å². The van der Waals surface area contributed by atoms with Crippen molar-refractivity contribution in [2.75, 3.05) is 33.8 Å². The number of hydrogen-bond donors (Lipinski definition) is 0. The van der Waals surface area contributed by atoms with Gasteiger partial charge in [-0.1, -0.05) is 30.3 Å². The molecule has 0 aliphatic carbocycles. The van der Waals surface area contributed by atoms with Crippen molar-refractivity contribution in [3.8, 4) is 0 Å². The number of piperidine rings is 1. The lowest BCUT2D eigenvalue weighted by Crippen LogP contribution is -2.50. The summed E-state index contributed by atoms with van der Waals surface area (Å²) < 4.78 is 5.41. The predicted octanol–water partition coefficient (Wildman–Crippen LogP) is 3.05. The van der Waals surface area contributed by atoms with Gasteiger partial charge >= 0.3 is 5.97 Å². The Morgan fingerprint density at radius 2 is 1.86 bits per heavy atom. The fourth-order valence-corrected chi connectivity index (χ4v) is 3.97. The van der Waals surface area contributed by atoms with Gasteiger partial charge in [-0.2, -0.15) is 0 Å². The molecule has 0 spiro atoms. The number of ether oxygens (including phenoxy) is 1. The first-order valence-corrected chi connectivity index (χ1v) is 10.6. The van der Waals surface area contributed by atoms with Crippen LogP contribution in [0.3, 0.4) is 0 Å². The number of carbonyl (C=O) groups excluding carboxylic acids is 3. The Hall–Kier alpha value is -2.37. The van der Waals surface area contributed by atoms with Crippen molar-refractivity contribution < 1.29 is 19.1 Å². The van der Waals surface area contributed by atoms with Crippen LogP contribution in [0.25, 0.3) is 0 Å². The molecule has 0 saturated carbocycles. The van der Waals surface area contributed by atoms with Gasteiger partial charge in [0.2, 0.25) is 11.8 Å². The molecule has 0 bridgehead atoms. The zero-order valence-electron chi connectivity index (χ0n) is 18.0. The van der Waals surface area contributed by atoms with Crippen LogP contribution in [0.15, 0.2) is 30.3 Å². The lowest BCUT2D eigenvalue weighted by atomic mass is 9.75. The fourth-order valence-electron chi connectivity index (χ4n) is 3.97. The number of esters is 1. The first kappa shape index (κ1) is 22.9. The summed E-state index contributed by atoms with van der Waals surface area (Å²) in [6, 6.07) is 10.2. The van der Waals surface area contributed by atoms with Crippen LogP contribution in [0.2, 0.25) is 0 Å². The SMILES string of the molecule is CCOC(=O)C1(CCCc2ccccc2)CCCN(C(=O)CCC(=O)N(C)C)C1. The maximum Gasteiger partial charge on any atom is 0.313 e. The average Bonchev–Trinajstić information content (AvgIpc) is 2.72. The van der Waals surface area contributed by atoms with E-state index in [1.165, 1.54) is 10.5 Å². The van der Waals surface area contributed by atoms with Crippen molar-refractivity contribution in [2.45, 2.75) is 51.9 Å². The largest absolute Gasteiger partial charge is 0.466 e. The van der Waals surface area contributed by atoms with Crippen molar-refractivity contribution >= 4 is 17.8 Å². The van der Waals surface area contributed by atoms with E-state index in [0.29, 0.717) is 26.1 Å². The Morgan fingerprint density at radius 3 is 2.52 bits per heavy atom. The number of aryl methyl sites for hydroxylation is 1. The minimum atomic E-state index is -0.649. The second-order valence-corrected chi connectivity index (χ2v) is 8.05. The van der Waals surface area contributed by atoms with E-state index in [4.69, 9.17) is 4.74 Å². The summed E-state index contributed by atoms with van der Waals surface area (Å²) >= 11 is 0. The molecule has 1 aliphatic rings. The molecule has 1 aromatic carbocycles. The predicted molar refractivity (Wildman–Crippen MR) is 112 cm³/mol. The van der Waals surface area contributed by atoms with E-state index in [-0.39, 0.29) is 30.6 Å². The van der Waals surface area contributed by atoms with Gasteiger partial charge in [-0.05, 0) is 44.6 Å². The van der Waals surface area contributed by atoms with Gasteiger partial charge in [0.05, 0.1) is 12.0 Å². The Labute approximate surface area is 174 Å². The molecule has 1 aliphatic heterocycles. The summed E-state index contributed by atoms with van der Waals surface area (Å²) in [6.45, 7) is 3.17. The third-order valence-corrected chi connectivity index (χ3v) is 5.65. The number of rotatable bonds is 9. The standard InChI is InChI=1S/C23H34N2O4/c1-4-29-22(28)23(15-8-12-19-10-6-5-7-11-19)16-9-17-25(18-23)21(27)14-13-20(26)24(2)3/h5-7,10-11H,4,8-9,12-18H2,1-3H3. The number of amides is 2. The van der Waals surface area contributed by atoms with Crippen molar-refractivity contribution in [2.24, 2.45) is 5.41 Å². The smallest absolute Gasteiger partial charge is 0.313 e. The summed E-state index contributed by atoms with van der Waals surface area (Å²) in [7, 11) is 3.37. The van der Waals surface area contributed by atoms with Crippen LogP contribution in [0, 0.1) is 5.41 Å². The van der Waals surface area contributed by atoms with Gasteiger partial charge in [0.25, 0.3) is 0 Å². The summed E-state index contributed by atoms with van der Waals surface area (Å²) in [5.41, 5.74) is 0.599. The molecule has 2 amide bonds. The van der Waals surface area contributed by atoms with Crippen LogP contribution >= 0.6 is 0 Å². The van der Waals surface area contributed by atoms with E-state index in [9.17, 15) is 14.4 Å². The van der Waals surface area contributed by atoms with Crippen LogP contribution in [0.5, 0.6) is 0 Å². The second kappa shape index (κ2) is 11.0. The van der Waals surface area contributed by atoms with Crippen LogP contribution in [0.4, 0.5) is 0 Å². The van der Waals surface area contributed by atoms with Gasteiger partial charge in [0.15, 0.2) is 0 Å². The summed E-state index contributed by atoms with van der Waals surface area (Å²) in [6.07, 6.45) is 4.35. The van der Waals surface area contributed by atoms with Gasteiger partial charge in [0.1, 0.15) is 0 Å². The van der Waals surface area contributed by atoms with Gasteiger partial charge in [-0.3, -0.25) is 14.4 Å². The maximum atomic E-state index is 12.9. The lowest BCUT2D eigenvalue weighted by Gasteiger charge is -2.41.